The number of ether oxygens (including phenoxy) is 1. The summed E-state index contributed by atoms with van der Waals surface area (Å²) in [6, 6.07) is 4.77. The third kappa shape index (κ3) is 5.25. The molecule has 0 radical (unpaired) electrons. The molecular weight excluding hydrogens is 408 g/mol. The monoisotopic (exact) mass is 438 g/mol. The van der Waals surface area contributed by atoms with Gasteiger partial charge < -0.3 is 14.9 Å². The maximum Gasteiger partial charge on any atom is 0.177 e. The predicted octanol–water partition coefficient (Wildman–Crippen LogP) is 4.89. The Labute approximate surface area is 188 Å². The first kappa shape index (κ1) is 24.9. The quantitative estimate of drug-likeness (QED) is 0.306. The summed E-state index contributed by atoms with van der Waals surface area (Å²) >= 11 is 0. The molecule has 1 aliphatic rings. The van der Waals surface area contributed by atoms with Gasteiger partial charge in [-0.05, 0) is 57.7 Å². The molecule has 0 heterocycles. The Kier molecular flexibility index (Phi) is 7.97. The lowest BCUT2D eigenvalue weighted by Gasteiger charge is -2.37. The number of benzene rings is 1. The first-order valence-electron chi connectivity index (χ1n) is 10.4. The molecule has 6 heteroatoms. The number of Topliss-reactive ketones (excluding diaryl/α,β-unsaturated/α-hetero) is 1. The van der Waals surface area contributed by atoms with Crippen LogP contribution < -0.4 is 4.74 Å². The molecule has 0 fully saturated rings. The zero-order valence-corrected chi connectivity index (χ0v) is 18.8. The van der Waals surface area contributed by atoms with Crippen molar-refractivity contribution < 1.29 is 29.3 Å². The van der Waals surface area contributed by atoms with E-state index in [1.807, 2.05) is 13.8 Å². The molecule has 6 nitrogen and oxygen atoms in total. The van der Waals surface area contributed by atoms with Crippen molar-refractivity contribution in [2.75, 3.05) is 7.11 Å². The first-order valence-corrected chi connectivity index (χ1v) is 10.4. The highest BCUT2D eigenvalue weighted by molar-refractivity contribution is 6.28. The highest BCUT2D eigenvalue weighted by Gasteiger charge is 2.51. The molecule has 0 aromatic heterocycles. The Balaban J connectivity index is 2.41. The number of phenolic OH excluding ortho intramolecular Hbond substituents is 1. The zero-order valence-electron chi connectivity index (χ0n) is 18.8. The molecule has 170 valence electrons. The number of methoxy groups -OCH3 is 1. The maximum atomic E-state index is 13.5. The van der Waals surface area contributed by atoms with Crippen molar-refractivity contribution in [3.8, 4) is 11.5 Å². The lowest BCUT2D eigenvalue weighted by Crippen LogP contribution is -2.47. The minimum absolute atomic E-state index is 0.157. The number of para-hydroxylation sites is 1. The Bertz CT molecular complexity index is 993. The molecule has 0 saturated carbocycles. The second-order valence-electron chi connectivity index (χ2n) is 8.36. The topological polar surface area (TPSA) is 101 Å². The third-order valence-corrected chi connectivity index (χ3v) is 5.71. The van der Waals surface area contributed by atoms with E-state index in [4.69, 9.17) is 4.74 Å². The number of rotatable bonds is 10. The SMILES string of the molecule is C=C(C)CCC1(CCC(=C)C)C(=O)C(C(=O)C=Cc2cccc(OC)c2O)C(=O)C=C1O. The van der Waals surface area contributed by atoms with Gasteiger partial charge in [-0.15, -0.1) is 13.2 Å². The first-order chi connectivity index (χ1) is 15.0. The molecule has 1 aliphatic carbocycles. The molecule has 0 amide bonds. The van der Waals surface area contributed by atoms with Crippen LogP contribution in [0.15, 0.2) is 60.4 Å². The summed E-state index contributed by atoms with van der Waals surface area (Å²) in [6.07, 6.45) is 4.85. The third-order valence-electron chi connectivity index (χ3n) is 5.71. The number of carbonyl (C=O) groups is 3. The minimum Gasteiger partial charge on any atom is -0.511 e. The van der Waals surface area contributed by atoms with E-state index in [9.17, 15) is 24.6 Å². The summed E-state index contributed by atoms with van der Waals surface area (Å²) < 4.78 is 5.05. The molecule has 1 aromatic rings. The van der Waals surface area contributed by atoms with Gasteiger partial charge in [0.25, 0.3) is 0 Å². The van der Waals surface area contributed by atoms with Crippen molar-refractivity contribution in [2.45, 2.75) is 39.5 Å². The van der Waals surface area contributed by atoms with Gasteiger partial charge in [-0.25, -0.2) is 0 Å². The Morgan fingerprint density at radius 2 is 1.72 bits per heavy atom. The molecule has 0 bridgehead atoms. The summed E-state index contributed by atoms with van der Waals surface area (Å²) in [5.74, 6) is -3.86. The molecule has 2 N–H and O–H groups in total. The average Bonchev–Trinajstić information content (AvgIpc) is 2.72. The molecule has 32 heavy (non-hydrogen) atoms. The molecular formula is C26H30O6. The number of ketones is 3. The Hall–Kier alpha value is -3.41. The van der Waals surface area contributed by atoms with Crippen molar-refractivity contribution in [1.82, 2.24) is 0 Å². The summed E-state index contributed by atoms with van der Waals surface area (Å²) in [6.45, 7) is 11.4. The minimum atomic E-state index is -1.55. The van der Waals surface area contributed by atoms with Crippen LogP contribution in [0.2, 0.25) is 0 Å². The zero-order chi connectivity index (χ0) is 24.1. The average molecular weight is 439 g/mol. The summed E-state index contributed by atoms with van der Waals surface area (Å²) in [5, 5.41) is 20.9. The van der Waals surface area contributed by atoms with Gasteiger partial charge in [-0.2, -0.15) is 0 Å². The van der Waals surface area contributed by atoms with E-state index < -0.39 is 28.7 Å². The Morgan fingerprint density at radius 3 is 2.25 bits per heavy atom. The Morgan fingerprint density at radius 1 is 1.12 bits per heavy atom. The smallest absolute Gasteiger partial charge is 0.177 e. The molecule has 1 aromatic carbocycles. The molecule has 1 unspecified atom stereocenters. The lowest BCUT2D eigenvalue weighted by atomic mass is 9.64. The summed E-state index contributed by atoms with van der Waals surface area (Å²) in [5.41, 5.74) is 0.613. The van der Waals surface area contributed by atoms with Crippen LogP contribution in [-0.2, 0) is 14.4 Å². The molecule has 0 aliphatic heterocycles. The second-order valence-corrected chi connectivity index (χ2v) is 8.36. The molecule has 2 rings (SSSR count). The van der Waals surface area contributed by atoms with E-state index in [0.29, 0.717) is 18.4 Å². The van der Waals surface area contributed by atoms with E-state index in [-0.39, 0.29) is 30.1 Å². The fourth-order valence-corrected chi connectivity index (χ4v) is 3.75. The van der Waals surface area contributed by atoms with Crippen molar-refractivity contribution in [3.63, 3.8) is 0 Å². The van der Waals surface area contributed by atoms with Crippen LogP contribution in [0.25, 0.3) is 6.08 Å². The van der Waals surface area contributed by atoms with Crippen molar-refractivity contribution in [1.29, 1.82) is 0 Å². The van der Waals surface area contributed by atoms with Crippen LogP contribution in [0.3, 0.4) is 0 Å². The van der Waals surface area contributed by atoms with Crippen LogP contribution in [0.1, 0.15) is 45.1 Å². The normalized spacial score (nSPS) is 17.8. The second kappa shape index (κ2) is 10.3. The van der Waals surface area contributed by atoms with E-state index in [1.54, 1.807) is 18.2 Å². The van der Waals surface area contributed by atoms with Crippen LogP contribution in [-0.4, -0.2) is 34.7 Å². The van der Waals surface area contributed by atoms with Gasteiger partial charge in [0.05, 0.1) is 12.5 Å². The van der Waals surface area contributed by atoms with Gasteiger partial charge in [0.1, 0.15) is 11.7 Å². The standard InChI is InChI=1S/C26H30O6/c1-16(2)11-13-26(14-12-17(3)4)22(29)15-20(28)23(25(26)31)19(27)10-9-18-7-6-8-21(32-5)24(18)30/h6-10,15,23,29-30H,1,3,11-14H2,2,4-5H3. The van der Waals surface area contributed by atoms with E-state index in [0.717, 1.165) is 23.3 Å². The van der Waals surface area contributed by atoms with Crippen molar-refractivity contribution >= 4 is 23.4 Å². The van der Waals surface area contributed by atoms with Gasteiger partial charge in [0.2, 0.25) is 0 Å². The van der Waals surface area contributed by atoms with E-state index >= 15 is 0 Å². The highest BCUT2D eigenvalue weighted by Crippen LogP contribution is 2.44. The van der Waals surface area contributed by atoms with E-state index in [2.05, 4.69) is 13.2 Å². The van der Waals surface area contributed by atoms with Gasteiger partial charge >= 0.3 is 0 Å². The largest absolute Gasteiger partial charge is 0.511 e. The van der Waals surface area contributed by atoms with Crippen LogP contribution in [0.4, 0.5) is 0 Å². The van der Waals surface area contributed by atoms with E-state index in [1.165, 1.54) is 13.2 Å². The number of hydrogen-bond donors (Lipinski definition) is 2. The molecule has 0 saturated heterocycles. The number of aromatic hydroxyl groups is 1. The predicted molar refractivity (Wildman–Crippen MR) is 123 cm³/mol. The number of aliphatic hydroxyl groups excluding tert-OH is 1. The lowest BCUT2D eigenvalue weighted by molar-refractivity contribution is -0.143. The van der Waals surface area contributed by atoms with Crippen molar-refractivity contribution in [2.24, 2.45) is 11.3 Å². The van der Waals surface area contributed by atoms with Crippen molar-refractivity contribution in [3.05, 3.63) is 66.0 Å². The van der Waals surface area contributed by atoms with Crippen LogP contribution in [0.5, 0.6) is 11.5 Å². The maximum absolute atomic E-state index is 13.5. The van der Waals surface area contributed by atoms with Crippen LogP contribution >= 0.6 is 0 Å². The van der Waals surface area contributed by atoms with Gasteiger partial charge in [0.15, 0.2) is 28.8 Å². The molecule has 0 spiro atoms. The van der Waals surface area contributed by atoms with Gasteiger partial charge in [-0.3, -0.25) is 14.4 Å². The van der Waals surface area contributed by atoms with Gasteiger partial charge in [0, 0.05) is 11.6 Å². The number of hydrogen-bond acceptors (Lipinski definition) is 6. The number of allylic oxidation sites excluding steroid dienone is 5. The fraction of sp³-hybridized carbons (Fsp3) is 0.346. The molecule has 1 atom stereocenters. The fourth-order valence-electron chi connectivity index (χ4n) is 3.75. The number of aliphatic hydroxyl groups is 1. The highest BCUT2D eigenvalue weighted by atomic mass is 16.5. The summed E-state index contributed by atoms with van der Waals surface area (Å²) in [7, 11) is 1.40. The number of carbonyl (C=O) groups excluding carboxylic acids is 3. The summed E-state index contributed by atoms with van der Waals surface area (Å²) in [4.78, 5) is 39.0. The number of phenols is 1. The van der Waals surface area contributed by atoms with Crippen LogP contribution in [0, 0.1) is 11.3 Å². The van der Waals surface area contributed by atoms with Gasteiger partial charge in [-0.1, -0.05) is 23.3 Å².